The molecule has 15 heavy (non-hydrogen) atoms. The fraction of sp³-hybridized carbons (Fsp3) is 0.846. The molecule has 0 heterocycles. The summed E-state index contributed by atoms with van der Waals surface area (Å²) in [5.74, 6) is 0.719. The van der Waals surface area contributed by atoms with E-state index < -0.39 is 0 Å². The second kappa shape index (κ2) is 13.3. The summed E-state index contributed by atoms with van der Waals surface area (Å²) in [7, 11) is 0. The van der Waals surface area contributed by atoms with Crippen molar-refractivity contribution in [2.24, 2.45) is 0 Å². The molecule has 0 N–H and O–H groups in total. The number of ketones is 2. The lowest BCUT2D eigenvalue weighted by atomic mass is 10.1. The van der Waals surface area contributed by atoms with Crippen molar-refractivity contribution in [2.75, 3.05) is 0 Å². The van der Waals surface area contributed by atoms with Crippen molar-refractivity contribution >= 4 is 11.6 Å². The highest BCUT2D eigenvalue weighted by atomic mass is 16.1. The minimum Gasteiger partial charge on any atom is -0.300 e. The molecule has 0 radical (unpaired) electrons. The minimum absolute atomic E-state index is 0.307. The van der Waals surface area contributed by atoms with Gasteiger partial charge >= 0.3 is 0 Å². The smallest absolute Gasteiger partial charge is 0.132 e. The molecule has 0 aromatic rings. The monoisotopic (exact) mass is 214 g/mol. The van der Waals surface area contributed by atoms with Gasteiger partial charge < -0.3 is 4.79 Å². The summed E-state index contributed by atoms with van der Waals surface area (Å²) in [5.41, 5.74) is 0. The van der Waals surface area contributed by atoms with E-state index in [2.05, 4.69) is 6.92 Å². The third-order valence-electron chi connectivity index (χ3n) is 1.94. The Balaban J connectivity index is 0. The van der Waals surface area contributed by atoms with Gasteiger partial charge in [0, 0.05) is 19.3 Å². The molecule has 0 aliphatic rings. The maximum atomic E-state index is 10.6. The van der Waals surface area contributed by atoms with Crippen molar-refractivity contribution in [3.05, 3.63) is 0 Å². The van der Waals surface area contributed by atoms with Crippen LogP contribution in [-0.2, 0) is 9.59 Å². The van der Waals surface area contributed by atoms with Crippen molar-refractivity contribution < 1.29 is 9.59 Å². The average molecular weight is 214 g/mol. The largest absolute Gasteiger partial charge is 0.300 e. The van der Waals surface area contributed by atoms with Gasteiger partial charge in [0.1, 0.15) is 11.6 Å². The summed E-state index contributed by atoms with van der Waals surface area (Å²) >= 11 is 0. The number of hydrogen-bond acceptors (Lipinski definition) is 2. The molecule has 0 aromatic carbocycles. The molecule has 2 heteroatoms. The van der Waals surface area contributed by atoms with Crippen LogP contribution in [0.5, 0.6) is 0 Å². The van der Waals surface area contributed by atoms with Gasteiger partial charge in [-0.1, -0.05) is 27.2 Å². The summed E-state index contributed by atoms with van der Waals surface area (Å²) in [5, 5.41) is 0. The van der Waals surface area contributed by atoms with Gasteiger partial charge in [-0.3, -0.25) is 4.79 Å². The Hall–Kier alpha value is -0.660. The van der Waals surface area contributed by atoms with E-state index >= 15 is 0 Å². The lowest BCUT2D eigenvalue weighted by Crippen LogP contribution is -1.93. The van der Waals surface area contributed by atoms with Gasteiger partial charge in [0.15, 0.2) is 0 Å². The molecule has 0 fully saturated rings. The molecule has 0 aliphatic carbocycles. The molecule has 90 valence electrons. The van der Waals surface area contributed by atoms with Crippen LogP contribution in [0.25, 0.3) is 0 Å². The molecule has 2 nitrogen and oxygen atoms in total. The quantitative estimate of drug-likeness (QED) is 0.643. The number of rotatable bonds is 7. The zero-order chi connectivity index (χ0) is 12.1. The van der Waals surface area contributed by atoms with Gasteiger partial charge in [-0.05, 0) is 26.2 Å². The van der Waals surface area contributed by atoms with Crippen LogP contribution in [0.2, 0.25) is 0 Å². The second-order valence-electron chi connectivity index (χ2n) is 3.84. The predicted octanol–water partition coefficient (Wildman–Crippen LogP) is 3.92. The molecule has 0 saturated heterocycles. The molecule has 0 aromatic heterocycles. The zero-order valence-corrected chi connectivity index (χ0v) is 10.8. The van der Waals surface area contributed by atoms with Gasteiger partial charge in [-0.2, -0.15) is 0 Å². The number of carbonyl (C=O) groups excluding carboxylic acids is 2. The molecule has 0 spiro atoms. The molecule has 0 bridgehead atoms. The van der Waals surface area contributed by atoms with Crippen molar-refractivity contribution in [1.29, 1.82) is 0 Å². The highest BCUT2D eigenvalue weighted by Gasteiger charge is 1.94. The topological polar surface area (TPSA) is 34.1 Å². The van der Waals surface area contributed by atoms with E-state index in [1.807, 2.05) is 13.8 Å². The summed E-state index contributed by atoms with van der Waals surface area (Å²) < 4.78 is 0. The van der Waals surface area contributed by atoms with Crippen molar-refractivity contribution in [1.82, 2.24) is 0 Å². The highest BCUT2D eigenvalue weighted by molar-refractivity contribution is 5.78. The number of hydrogen-bond donors (Lipinski definition) is 0. The predicted molar refractivity (Wildman–Crippen MR) is 65.0 cm³/mol. The summed E-state index contributed by atoms with van der Waals surface area (Å²) in [6, 6.07) is 0. The molecule has 0 aliphatic heterocycles. The molecular formula is C13H26O2. The Labute approximate surface area is 94.4 Å². The summed E-state index contributed by atoms with van der Waals surface area (Å²) in [4.78, 5) is 20.8. The highest BCUT2D eigenvalue weighted by Crippen LogP contribution is 1.95. The lowest BCUT2D eigenvalue weighted by Gasteiger charge is -1.91. The first-order valence-corrected chi connectivity index (χ1v) is 6.09. The maximum absolute atomic E-state index is 10.6. The van der Waals surface area contributed by atoms with Gasteiger partial charge in [0.25, 0.3) is 0 Å². The SMILES string of the molecule is CCCC(=O)CCC.CCCCC(C)=O. The van der Waals surface area contributed by atoms with Gasteiger partial charge in [-0.15, -0.1) is 0 Å². The van der Waals surface area contributed by atoms with Gasteiger partial charge in [0.2, 0.25) is 0 Å². The number of carbonyl (C=O) groups is 2. The molecule has 0 rings (SSSR count). The Kier molecular flexibility index (Phi) is 14.9. The van der Waals surface area contributed by atoms with Gasteiger partial charge in [-0.25, -0.2) is 0 Å². The van der Waals surface area contributed by atoms with Crippen LogP contribution in [-0.4, -0.2) is 11.6 Å². The molecule has 0 saturated carbocycles. The average Bonchev–Trinajstić information content (AvgIpc) is 2.16. The van der Waals surface area contributed by atoms with Crippen LogP contribution in [0.1, 0.15) is 72.6 Å². The molecule has 0 unspecified atom stereocenters. The van der Waals surface area contributed by atoms with Crippen molar-refractivity contribution in [2.45, 2.75) is 72.6 Å². The van der Waals surface area contributed by atoms with Crippen molar-refractivity contribution in [3.63, 3.8) is 0 Å². The Morgan fingerprint density at radius 2 is 1.27 bits per heavy atom. The van der Waals surface area contributed by atoms with Crippen LogP contribution in [0.3, 0.4) is 0 Å². The summed E-state index contributed by atoms with van der Waals surface area (Å²) in [6.07, 6.45) is 6.48. The van der Waals surface area contributed by atoms with Crippen LogP contribution >= 0.6 is 0 Å². The zero-order valence-electron chi connectivity index (χ0n) is 10.8. The maximum Gasteiger partial charge on any atom is 0.132 e. The third kappa shape index (κ3) is 19.7. The van der Waals surface area contributed by atoms with E-state index in [1.54, 1.807) is 6.92 Å². The van der Waals surface area contributed by atoms with E-state index in [0.717, 1.165) is 44.9 Å². The summed E-state index contributed by atoms with van der Waals surface area (Å²) in [6.45, 7) is 7.79. The van der Waals surface area contributed by atoms with E-state index in [9.17, 15) is 9.59 Å². The molecule has 0 atom stereocenters. The molecular weight excluding hydrogens is 188 g/mol. The minimum atomic E-state index is 0.307. The first-order valence-electron chi connectivity index (χ1n) is 6.09. The van der Waals surface area contributed by atoms with Crippen molar-refractivity contribution in [3.8, 4) is 0 Å². The third-order valence-corrected chi connectivity index (χ3v) is 1.94. The lowest BCUT2D eigenvalue weighted by molar-refractivity contribution is -0.119. The van der Waals surface area contributed by atoms with Crippen LogP contribution in [0.15, 0.2) is 0 Å². The second-order valence-corrected chi connectivity index (χ2v) is 3.84. The van der Waals surface area contributed by atoms with E-state index in [4.69, 9.17) is 0 Å². The van der Waals surface area contributed by atoms with Crippen LogP contribution in [0, 0.1) is 0 Å². The first kappa shape index (κ1) is 16.8. The van der Waals surface area contributed by atoms with Gasteiger partial charge in [0.05, 0.1) is 0 Å². The van der Waals surface area contributed by atoms with Crippen LogP contribution in [0.4, 0.5) is 0 Å². The van der Waals surface area contributed by atoms with Crippen LogP contribution < -0.4 is 0 Å². The Bertz CT molecular complexity index is 154. The van der Waals surface area contributed by atoms with E-state index in [-0.39, 0.29) is 0 Å². The fourth-order valence-corrected chi connectivity index (χ4v) is 1.11. The normalized spacial score (nSPS) is 9.07. The van der Waals surface area contributed by atoms with E-state index in [0.29, 0.717) is 11.6 Å². The fourth-order valence-electron chi connectivity index (χ4n) is 1.11. The standard InChI is InChI=1S/C7H14O.C6H12O/c1-3-5-7(8)6-4-2;1-3-4-5-6(2)7/h3-6H2,1-2H3;3-5H2,1-2H3. The first-order chi connectivity index (χ1) is 7.08. The number of Topliss-reactive ketones (excluding diaryl/α,β-unsaturated/α-hetero) is 2. The van der Waals surface area contributed by atoms with E-state index in [1.165, 1.54) is 0 Å². The molecule has 0 amide bonds. The number of unbranched alkanes of at least 4 members (excludes halogenated alkanes) is 1. The Morgan fingerprint density at radius 1 is 0.800 bits per heavy atom. The Morgan fingerprint density at radius 3 is 1.47 bits per heavy atom.